The molecule has 0 bridgehead atoms. The first kappa shape index (κ1) is 22.0. The Kier molecular flexibility index (Phi) is 8.84. The van der Waals surface area contributed by atoms with Crippen LogP contribution in [0.25, 0.3) is 0 Å². The van der Waals surface area contributed by atoms with Crippen molar-refractivity contribution in [1.29, 1.82) is 0 Å². The van der Waals surface area contributed by atoms with Gasteiger partial charge in [0.15, 0.2) is 5.96 Å². The molecule has 0 spiro atoms. The van der Waals surface area contributed by atoms with Crippen LogP contribution in [0.1, 0.15) is 18.4 Å². The molecule has 2 aromatic carbocycles. The molecule has 3 rings (SSSR count). The molecule has 1 unspecified atom stereocenters. The van der Waals surface area contributed by atoms with Crippen molar-refractivity contribution in [3.63, 3.8) is 0 Å². The van der Waals surface area contributed by atoms with Crippen LogP contribution in [0.5, 0.6) is 5.75 Å². The van der Waals surface area contributed by atoms with Gasteiger partial charge < -0.3 is 25.0 Å². The fourth-order valence-electron chi connectivity index (χ4n) is 3.69. The van der Waals surface area contributed by atoms with Gasteiger partial charge in [-0.15, -0.1) is 0 Å². The number of anilines is 1. The van der Waals surface area contributed by atoms with Crippen molar-refractivity contribution >= 4 is 11.6 Å². The van der Waals surface area contributed by atoms with Crippen molar-refractivity contribution in [1.82, 2.24) is 10.6 Å². The third-order valence-corrected chi connectivity index (χ3v) is 5.31. The van der Waals surface area contributed by atoms with Gasteiger partial charge >= 0.3 is 0 Å². The van der Waals surface area contributed by atoms with E-state index in [-0.39, 0.29) is 0 Å². The van der Waals surface area contributed by atoms with E-state index in [0.717, 1.165) is 69.5 Å². The van der Waals surface area contributed by atoms with E-state index in [4.69, 9.17) is 9.47 Å². The fourth-order valence-corrected chi connectivity index (χ4v) is 3.69. The highest BCUT2D eigenvalue weighted by molar-refractivity contribution is 5.80. The summed E-state index contributed by atoms with van der Waals surface area (Å²) in [5.74, 6) is 1.78. The van der Waals surface area contributed by atoms with Gasteiger partial charge in [0.25, 0.3) is 0 Å². The molecule has 1 aliphatic rings. The van der Waals surface area contributed by atoms with Crippen LogP contribution in [0, 0.1) is 0 Å². The van der Waals surface area contributed by atoms with Crippen LogP contribution >= 0.6 is 0 Å². The van der Waals surface area contributed by atoms with E-state index < -0.39 is 0 Å². The van der Waals surface area contributed by atoms with E-state index in [1.165, 1.54) is 5.56 Å². The Bertz CT molecular complexity index is 782. The Morgan fingerprint density at radius 2 is 1.90 bits per heavy atom. The topological polar surface area (TPSA) is 58.1 Å². The maximum atomic E-state index is 5.75. The third kappa shape index (κ3) is 6.66. The monoisotopic (exact) mass is 410 g/mol. The van der Waals surface area contributed by atoms with Crippen LogP contribution in [0.15, 0.2) is 59.6 Å². The normalized spacial score (nSPS) is 16.5. The maximum absolute atomic E-state index is 5.75. The van der Waals surface area contributed by atoms with Gasteiger partial charge in [0, 0.05) is 39.3 Å². The molecule has 1 atom stereocenters. The van der Waals surface area contributed by atoms with E-state index in [0.29, 0.717) is 6.04 Å². The third-order valence-electron chi connectivity index (χ3n) is 5.31. The molecule has 0 aromatic heterocycles. The number of hydrogen-bond donors (Lipinski definition) is 2. The molecule has 2 aromatic rings. The number of rotatable bonds is 10. The summed E-state index contributed by atoms with van der Waals surface area (Å²) in [5, 5.41) is 6.94. The van der Waals surface area contributed by atoms with Gasteiger partial charge in [0.1, 0.15) is 5.75 Å². The second-order valence-electron chi connectivity index (χ2n) is 7.45. The van der Waals surface area contributed by atoms with Crippen molar-refractivity contribution in [2.75, 3.05) is 51.9 Å². The number of hydrogen-bond acceptors (Lipinski definition) is 4. The van der Waals surface area contributed by atoms with E-state index in [1.54, 1.807) is 7.11 Å². The average Bonchev–Trinajstić information content (AvgIpc) is 3.26. The van der Waals surface area contributed by atoms with Crippen LogP contribution in [-0.4, -0.2) is 59.0 Å². The molecule has 30 heavy (non-hydrogen) atoms. The summed E-state index contributed by atoms with van der Waals surface area (Å²) >= 11 is 0. The molecule has 2 N–H and O–H groups in total. The highest BCUT2D eigenvalue weighted by Gasteiger charge is 2.25. The largest absolute Gasteiger partial charge is 0.495 e. The van der Waals surface area contributed by atoms with Gasteiger partial charge in [-0.05, 0) is 37.0 Å². The molecule has 6 heteroatoms. The Morgan fingerprint density at radius 1 is 1.10 bits per heavy atom. The second kappa shape index (κ2) is 12.1. The second-order valence-corrected chi connectivity index (χ2v) is 7.45. The Hall–Kier alpha value is -2.73. The van der Waals surface area contributed by atoms with Gasteiger partial charge in [-0.3, -0.25) is 4.99 Å². The van der Waals surface area contributed by atoms with Crippen LogP contribution in [0.4, 0.5) is 5.69 Å². The average molecular weight is 411 g/mol. The van der Waals surface area contributed by atoms with E-state index >= 15 is 0 Å². The van der Waals surface area contributed by atoms with Gasteiger partial charge in [0.05, 0.1) is 19.4 Å². The molecular formula is C24H34N4O2. The molecule has 1 saturated heterocycles. The molecule has 1 aliphatic heterocycles. The molecule has 1 fully saturated rings. The quantitative estimate of drug-likeness (QED) is 0.358. The molecular weight excluding hydrogens is 376 g/mol. The van der Waals surface area contributed by atoms with Crippen molar-refractivity contribution in [3.8, 4) is 5.75 Å². The van der Waals surface area contributed by atoms with Gasteiger partial charge in [-0.1, -0.05) is 42.5 Å². The molecule has 0 saturated carbocycles. The smallest absolute Gasteiger partial charge is 0.191 e. The van der Waals surface area contributed by atoms with E-state index in [1.807, 2.05) is 25.2 Å². The molecule has 0 amide bonds. The summed E-state index contributed by atoms with van der Waals surface area (Å²) < 4.78 is 11.3. The summed E-state index contributed by atoms with van der Waals surface area (Å²) in [4.78, 5) is 6.73. The number of methoxy groups -OCH3 is 1. The predicted molar refractivity (Wildman–Crippen MR) is 124 cm³/mol. The van der Waals surface area contributed by atoms with Crippen LogP contribution in [0.3, 0.4) is 0 Å². The summed E-state index contributed by atoms with van der Waals surface area (Å²) in [6.45, 7) is 4.29. The minimum absolute atomic E-state index is 0.364. The number of guanidine groups is 1. The molecule has 1 heterocycles. The SMILES string of the molecule is CN=C(NCCCOCCc1ccccc1)NC1CCN(c2ccccc2OC)C1. The first-order valence-electron chi connectivity index (χ1n) is 10.8. The lowest BCUT2D eigenvalue weighted by atomic mass is 10.2. The van der Waals surface area contributed by atoms with E-state index in [9.17, 15) is 0 Å². The zero-order valence-electron chi connectivity index (χ0n) is 18.1. The van der Waals surface area contributed by atoms with Crippen molar-refractivity contribution in [3.05, 3.63) is 60.2 Å². The zero-order chi connectivity index (χ0) is 21.0. The summed E-state index contributed by atoms with van der Waals surface area (Å²) in [6, 6.07) is 19.0. The zero-order valence-corrected chi connectivity index (χ0v) is 18.1. The Morgan fingerprint density at radius 3 is 2.70 bits per heavy atom. The lowest BCUT2D eigenvalue weighted by Gasteiger charge is -2.22. The lowest BCUT2D eigenvalue weighted by Crippen LogP contribution is -2.45. The highest BCUT2D eigenvalue weighted by atomic mass is 16.5. The minimum Gasteiger partial charge on any atom is -0.495 e. The van der Waals surface area contributed by atoms with Gasteiger partial charge in [-0.2, -0.15) is 0 Å². The van der Waals surface area contributed by atoms with Crippen molar-refractivity contribution in [2.24, 2.45) is 4.99 Å². The van der Waals surface area contributed by atoms with Crippen LogP contribution in [0.2, 0.25) is 0 Å². The Labute approximate surface area is 180 Å². The number of aliphatic imine (C=N–C) groups is 1. The predicted octanol–water partition coefficient (Wildman–Crippen LogP) is 3.09. The van der Waals surface area contributed by atoms with Crippen molar-refractivity contribution < 1.29 is 9.47 Å². The molecule has 6 nitrogen and oxygen atoms in total. The number of nitrogens with one attached hydrogen (secondary N) is 2. The Balaban J connectivity index is 1.31. The minimum atomic E-state index is 0.364. The van der Waals surface area contributed by atoms with Crippen molar-refractivity contribution in [2.45, 2.75) is 25.3 Å². The maximum Gasteiger partial charge on any atom is 0.191 e. The number of benzene rings is 2. The van der Waals surface area contributed by atoms with Gasteiger partial charge in [-0.25, -0.2) is 0 Å². The number of para-hydroxylation sites is 2. The first-order chi connectivity index (χ1) is 14.8. The van der Waals surface area contributed by atoms with Crippen LogP contribution in [-0.2, 0) is 11.2 Å². The summed E-state index contributed by atoms with van der Waals surface area (Å²) in [7, 11) is 3.54. The van der Waals surface area contributed by atoms with E-state index in [2.05, 4.69) is 56.9 Å². The molecule has 0 aliphatic carbocycles. The summed E-state index contributed by atoms with van der Waals surface area (Å²) in [6.07, 6.45) is 2.98. The fraction of sp³-hybridized carbons (Fsp3) is 0.458. The lowest BCUT2D eigenvalue weighted by molar-refractivity contribution is 0.135. The van der Waals surface area contributed by atoms with Gasteiger partial charge in [0.2, 0.25) is 0 Å². The number of nitrogens with zero attached hydrogens (tertiary/aromatic N) is 2. The first-order valence-corrected chi connectivity index (χ1v) is 10.8. The standard InChI is InChI=1S/C24H34N4O2/c1-25-24(26-15-8-17-30-18-14-20-9-4-3-5-10-20)27-21-13-16-28(19-21)22-11-6-7-12-23(22)29-2/h3-7,9-12,21H,8,13-19H2,1-2H3,(H2,25,26,27). The molecule has 0 radical (unpaired) electrons. The van der Waals surface area contributed by atoms with Crippen LogP contribution < -0.4 is 20.3 Å². The molecule has 162 valence electrons. The highest BCUT2D eigenvalue weighted by Crippen LogP contribution is 2.30. The summed E-state index contributed by atoms with van der Waals surface area (Å²) in [5.41, 5.74) is 2.47. The number of ether oxygens (including phenoxy) is 2.